The molecule has 1 aliphatic heterocycles. The van der Waals surface area contributed by atoms with E-state index in [0.29, 0.717) is 5.92 Å². The van der Waals surface area contributed by atoms with Crippen LogP contribution in [0.3, 0.4) is 0 Å². The summed E-state index contributed by atoms with van der Waals surface area (Å²) in [7, 11) is 4.04. The Kier molecular flexibility index (Phi) is 3.16. The molecule has 19 heavy (non-hydrogen) atoms. The Labute approximate surface area is 112 Å². The zero-order valence-corrected chi connectivity index (χ0v) is 11.2. The molecule has 6 nitrogen and oxygen atoms in total. The third kappa shape index (κ3) is 2.44. The number of benzene rings is 1. The fourth-order valence-electron chi connectivity index (χ4n) is 2.26. The van der Waals surface area contributed by atoms with E-state index >= 15 is 0 Å². The first-order valence-electron chi connectivity index (χ1n) is 6.52. The Morgan fingerprint density at radius 2 is 2.05 bits per heavy atom. The summed E-state index contributed by atoms with van der Waals surface area (Å²) in [5, 5.41) is 16.1. The van der Waals surface area contributed by atoms with Crippen LogP contribution in [0.4, 0.5) is 5.69 Å². The molecule has 1 N–H and O–H groups in total. The van der Waals surface area contributed by atoms with E-state index in [1.807, 2.05) is 26.2 Å². The molecule has 0 bridgehead atoms. The van der Waals surface area contributed by atoms with Crippen LogP contribution in [0, 0.1) is 0 Å². The number of aromatic nitrogens is 4. The highest BCUT2D eigenvalue weighted by Gasteiger charge is 2.21. The smallest absolute Gasteiger partial charge is 0.179 e. The minimum atomic E-state index is 0.398. The van der Waals surface area contributed by atoms with Crippen molar-refractivity contribution in [2.75, 3.05) is 32.1 Å². The molecule has 1 saturated heterocycles. The molecule has 0 saturated carbocycles. The van der Waals surface area contributed by atoms with Gasteiger partial charge in [0.1, 0.15) is 0 Å². The summed E-state index contributed by atoms with van der Waals surface area (Å²) >= 11 is 0. The van der Waals surface area contributed by atoms with Crippen molar-refractivity contribution in [3.63, 3.8) is 0 Å². The first kappa shape index (κ1) is 12.1. The van der Waals surface area contributed by atoms with Gasteiger partial charge in [-0.15, -0.1) is 15.0 Å². The number of rotatable bonds is 3. The van der Waals surface area contributed by atoms with Gasteiger partial charge >= 0.3 is 0 Å². The molecule has 0 spiro atoms. The second-order valence-corrected chi connectivity index (χ2v) is 5.04. The summed E-state index contributed by atoms with van der Waals surface area (Å²) in [6, 6.07) is 8.12. The monoisotopic (exact) mass is 258 g/mol. The van der Waals surface area contributed by atoms with Crippen LogP contribution in [-0.2, 0) is 0 Å². The maximum absolute atomic E-state index is 4.48. The molecular formula is C13H18N6. The molecule has 6 heteroatoms. The highest BCUT2D eigenvalue weighted by Crippen LogP contribution is 2.19. The van der Waals surface area contributed by atoms with Crippen LogP contribution in [0.1, 0.15) is 18.2 Å². The molecule has 100 valence electrons. The molecule has 3 rings (SSSR count). The molecule has 1 aliphatic rings. The van der Waals surface area contributed by atoms with Gasteiger partial charge in [-0.25, -0.2) is 0 Å². The summed E-state index contributed by atoms with van der Waals surface area (Å²) in [5.41, 5.74) is 2.10. The van der Waals surface area contributed by atoms with E-state index in [4.69, 9.17) is 0 Å². The summed E-state index contributed by atoms with van der Waals surface area (Å²) in [4.78, 5) is 3.67. The lowest BCUT2D eigenvalue weighted by Gasteiger charge is -2.12. The zero-order chi connectivity index (χ0) is 13.2. The van der Waals surface area contributed by atoms with Crippen LogP contribution in [0.25, 0.3) is 5.69 Å². The van der Waals surface area contributed by atoms with Gasteiger partial charge in [0, 0.05) is 32.2 Å². The Bertz CT molecular complexity index is 539. The first-order valence-corrected chi connectivity index (χ1v) is 6.52. The second kappa shape index (κ2) is 4.97. The minimum absolute atomic E-state index is 0.398. The van der Waals surface area contributed by atoms with Crippen LogP contribution < -0.4 is 10.2 Å². The summed E-state index contributed by atoms with van der Waals surface area (Å²) in [6.07, 6.45) is 1.09. The standard InChI is InChI=1S/C13H18N6/c1-18(2)11-3-5-12(6-4-11)19-16-13(15-17-19)10-7-8-14-9-10/h3-6,10,14H,7-9H2,1-2H3. The van der Waals surface area contributed by atoms with Crippen molar-refractivity contribution in [3.8, 4) is 5.69 Å². The van der Waals surface area contributed by atoms with Crippen molar-refractivity contribution in [2.24, 2.45) is 0 Å². The SMILES string of the molecule is CN(C)c1ccc(-n2nnc(C3CCNC3)n2)cc1. The van der Waals surface area contributed by atoms with E-state index in [1.54, 1.807) is 4.80 Å². The molecular weight excluding hydrogens is 240 g/mol. The average molecular weight is 258 g/mol. The fourth-order valence-corrected chi connectivity index (χ4v) is 2.26. The van der Waals surface area contributed by atoms with Gasteiger partial charge in [0.05, 0.1) is 5.69 Å². The summed E-state index contributed by atoms with van der Waals surface area (Å²) in [5.74, 6) is 1.23. The van der Waals surface area contributed by atoms with E-state index in [-0.39, 0.29) is 0 Å². The lowest BCUT2D eigenvalue weighted by atomic mass is 10.1. The van der Waals surface area contributed by atoms with Gasteiger partial charge in [-0.3, -0.25) is 0 Å². The van der Waals surface area contributed by atoms with Gasteiger partial charge in [0.2, 0.25) is 0 Å². The van der Waals surface area contributed by atoms with Gasteiger partial charge in [-0.05, 0) is 42.4 Å². The lowest BCUT2D eigenvalue weighted by Crippen LogP contribution is -2.09. The van der Waals surface area contributed by atoms with Crippen LogP contribution in [-0.4, -0.2) is 47.4 Å². The maximum atomic E-state index is 4.48. The van der Waals surface area contributed by atoms with Gasteiger partial charge in [-0.2, -0.15) is 0 Å². The van der Waals surface area contributed by atoms with Crippen molar-refractivity contribution in [2.45, 2.75) is 12.3 Å². The number of tetrazole rings is 1. The van der Waals surface area contributed by atoms with Crippen LogP contribution in [0.2, 0.25) is 0 Å². The molecule has 2 heterocycles. The van der Waals surface area contributed by atoms with Crippen molar-refractivity contribution < 1.29 is 0 Å². The first-order chi connectivity index (χ1) is 9.24. The lowest BCUT2D eigenvalue weighted by molar-refractivity contribution is 0.688. The molecule has 1 aromatic heterocycles. The maximum Gasteiger partial charge on any atom is 0.179 e. The number of anilines is 1. The number of nitrogens with zero attached hydrogens (tertiary/aromatic N) is 5. The van der Waals surface area contributed by atoms with E-state index in [9.17, 15) is 0 Å². The van der Waals surface area contributed by atoms with E-state index in [0.717, 1.165) is 36.7 Å². The molecule has 0 aliphatic carbocycles. The third-order valence-corrected chi connectivity index (χ3v) is 3.45. The Morgan fingerprint density at radius 1 is 1.26 bits per heavy atom. The van der Waals surface area contributed by atoms with Crippen LogP contribution in [0.15, 0.2) is 24.3 Å². The normalized spacial score (nSPS) is 18.7. The minimum Gasteiger partial charge on any atom is -0.378 e. The number of nitrogens with one attached hydrogen (secondary N) is 1. The van der Waals surface area contributed by atoms with Crippen molar-refractivity contribution in [3.05, 3.63) is 30.1 Å². The van der Waals surface area contributed by atoms with Gasteiger partial charge < -0.3 is 10.2 Å². The van der Waals surface area contributed by atoms with Gasteiger partial charge in [0.25, 0.3) is 0 Å². The molecule has 1 atom stereocenters. The van der Waals surface area contributed by atoms with Gasteiger partial charge in [0.15, 0.2) is 5.82 Å². The average Bonchev–Trinajstić information content (AvgIpc) is 3.10. The van der Waals surface area contributed by atoms with E-state index in [2.05, 4.69) is 37.8 Å². The summed E-state index contributed by atoms with van der Waals surface area (Å²) < 4.78 is 0. The zero-order valence-electron chi connectivity index (χ0n) is 11.2. The molecule has 2 aromatic rings. The van der Waals surface area contributed by atoms with Crippen LogP contribution in [0.5, 0.6) is 0 Å². The molecule has 1 aromatic carbocycles. The molecule has 1 unspecified atom stereocenters. The largest absolute Gasteiger partial charge is 0.378 e. The predicted octanol–water partition coefficient (Wildman–Crippen LogP) is 0.805. The second-order valence-electron chi connectivity index (χ2n) is 5.04. The Balaban J connectivity index is 1.81. The van der Waals surface area contributed by atoms with Crippen LogP contribution >= 0.6 is 0 Å². The summed E-state index contributed by atoms with van der Waals surface area (Å²) in [6.45, 7) is 1.99. The topological polar surface area (TPSA) is 58.9 Å². The van der Waals surface area contributed by atoms with E-state index < -0.39 is 0 Å². The highest BCUT2D eigenvalue weighted by atomic mass is 15.6. The highest BCUT2D eigenvalue weighted by molar-refractivity contribution is 5.49. The Morgan fingerprint density at radius 3 is 2.68 bits per heavy atom. The fraction of sp³-hybridized carbons (Fsp3) is 0.462. The van der Waals surface area contributed by atoms with Crippen molar-refractivity contribution in [1.29, 1.82) is 0 Å². The molecule has 0 amide bonds. The third-order valence-electron chi connectivity index (χ3n) is 3.45. The number of hydrogen-bond donors (Lipinski definition) is 1. The molecule has 0 radical (unpaired) electrons. The quantitative estimate of drug-likeness (QED) is 0.882. The van der Waals surface area contributed by atoms with Crippen molar-refractivity contribution >= 4 is 5.69 Å². The Hall–Kier alpha value is -1.95. The van der Waals surface area contributed by atoms with Gasteiger partial charge in [-0.1, -0.05) is 0 Å². The number of hydrogen-bond acceptors (Lipinski definition) is 5. The van der Waals surface area contributed by atoms with Crippen molar-refractivity contribution in [1.82, 2.24) is 25.5 Å². The van der Waals surface area contributed by atoms with E-state index in [1.165, 1.54) is 0 Å². The molecule has 1 fully saturated rings. The predicted molar refractivity (Wildman–Crippen MR) is 73.7 cm³/mol.